The molecule has 0 bridgehead atoms. The molecule has 0 aromatic heterocycles. The SMILES string of the molecule is CCCCCCCC/C=C\CCCCCCCC(=O)OCC(CO[13C](=O)[13CH2][13CH2][13CH2][13CH2][13CH2][13CH2][13CH2]/[13CH]=[13CH]\[13CH2][13CH2][13CH2][13CH2][13CH2][13CH2][13CH2][13CH3])O[13C](=O)[13CH2][13CH2][13CH2][13CH2][13CH2][13CH2][13CH2]/[13CH]=[13CH]\[13CH2][13CH2][13CH2][13CH2][13CH2][13CH2][13CH2][13CH3]. The molecule has 0 aliphatic heterocycles. The van der Waals surface area contributed by atoms with Crippen LogP contribution in [0, 0.1) is 0 Å². The van der Waals surface area contributed by atoms with Crippen molar-refractivity contribution in [2.45, 2.75) is 297 Å². The fourth-order valence-electron chi connectivity index (χ4n) is 7.90. The highest BCUT2D eigenvalue weighted by Gasteiger charge is 2.19. The van der Waals surface area contributed by atoms with Crippen LogP contribution in [0.3, 0.4) is 0 Å². The van der Waals surface area contributed by atoms with Gasteiger partial charge in [0.05, 0.1) is 0 Å². The molecule has 0 spiro atoms. The lowest BCUT2D eigenvalue weighted by Crippen LogP contribution is -2.30. The second kappa shape index (κ2) is 52.3. The van der Waals surface area contributed by atoms with Crippen LogP contribution in [-0.4, -0.2) is 37.2 Å². The van der Waals surface area contributed by atoms with Gasteiger partial charge in [-0.1, -0.05) is 211 Å². The average Bonchev–Trinajstić information content (AvgIpc) is 3.28. The molecule has 0 rings (SSSR count). The first kappa shape index (κ1) is 60.6. The van der Waals surface area contributed by atoms with Crippen LogP contribution >= 0.6 is 0 Å². The molecule has 0 heterocycles. The van der Waals surface area contributed by atoms with Gasteiger partial charge in [-0.3, -0.25) is 14.4 Å². The minimum Gasteiger partial charge on any atom is -0.462 e. The van der Waals surface area contributed by atoms with E-state index in [0.717, 1.165) is 77.0 Å². The van der Waals surface area contributed by atoms with E-state index in [1.807, 2.05) is 0 Å². The molecule has 6 nitrogen and oxygen atoms in total. The van der Waals surface area contributed by atoms with Crippen LogP contribution < -0.4 is 0 Å². The quantitative estimate of drug-likeness (QED) is 0.0199. The summed E-state index contributed by atoms with van der Waals surface area (Å²) in [5.41, 5.74) is 0. The molecule has 0 aliphatic rings. The Bertz CT molecular complexity index is 1010. The van der Waals surface area contributed by atoms with E-state index in [-0.39, 0.29) is 31.1 Å². The van der Waals surface area contributed by atoms with E-state index in [1.165, 1.54) is 173 Å². The second-order valence-corrected chi connectivity index (χ2v) is 18.5. The Morgan fingerprint density at radius 2 is 0.524 bits per heavy atom. The lowest BCUT2D eigenvalue weighted by atomic mass is 10.1. The van der Waals surface area contributed by atoms with Gasteiger partial charge in [0.15, 0.2) is 6.10 Å². The first-order valence-corrected chi connectivity index (χ1v) is 27.5. The first-order chi connectivity index (χ1) is 31.0. The zero-order chi connectivity index (χ0) is 45.8. The molecule has 0 aromatic carbocycles. The van der Waals surface area contributed by atoms with E-state index < -0.39 is 6.10 Å². The first-order valence-electron chi connectivity index (χ1n) is 27.5. The van der Waals surface area contributed by atoms with E-state index in [0.29, 0.717) is 19.3 Å². The summed E-state index contributed by atoms with van der Waals surface area (Å²) >= 11 is 0. The Labute approximate surface area is 391 Å². The molecule has 0 radical (unpaired) electrons. The van der Waals surface area contributed by atoms with Gasteiger partial charge in [-0.25, -0.2) is 0 Å². The van der Waals surface area contributed by atoms with Crippen molar-refractivity contribution in [3.05, 3.63) is 36.5 Å². The summed E-state index contributed by atoms with van der Waals surface area (Å²) in [5, 5.41) is 0. The number of rotatable bonds is 50. The largest absolute Gasteiger partial charge is 0.462 e. The summed E-state index contributed by atoms with van der Waals surface area (Å²) in [6.45, 7) is 6.63. The number of unbranched alkanes of at least 4 members (excludes halogenated alkanes) is 33. The van der Waals surface area contributed by atoms with E-state index in [4.69, 9.17) is 14.2 Å². The Balaban J connectivity index is 4.39. The summed E-state index contributed by atoms with van der Waals surface area (Å²) in [4.78, 5) is 38.0. The number of esters is 3. The lowest BCUT2D eigenvalue weighted by Gasteiger charge is -2.18. The summed E-state index contributed by atoms with van der Waals surface area (Å²) in [5.74, 6) is -0.893. The van der Waals surface area contributed by atoms with Crippen molar-refractivity contribution in [2.75, 3.05) is 13.2 Å². The summed E-state index contributed by atoms with van der Waals surface area (Å²) in [6.07, 6.45) is 61.2. The van der Waals surface area contributed by atoms with Crippen LogP contribution in [0.1, 0.15) is 290 Å². The van der Waals surface area contributed by atoms with Crippen LogP contribution in [0.15, 0.2) is 36.5 Å². The van der Waals surface area contributed by atoms with Gasteiger partial charge in [0.1, 0.15) is 13.2 Å². The van der Waals surface area contributed by atoms with Crippen LogP contribution in [-0.2, 0) is 28.6 Å². The number of hydrogen-bond donors (Lipinski definition) is 0. The molecule has 0 aliphatic carbocycles. The number of hydrogen-bond acceptors (Lipinski definition) is 6. The Morgan fingerprint density at radius 3 is 0.794 bits per heavy atom. The van der Waals surface area contributed by atoms with Crippen molar-refractivity contribution in [3.63, 3.8) is 0 Å². The van der Waals surface area contributed by atoms with Crippen LogP contribution in [0.2, 0.25) is 0 Å². The van der Waals surface area contributed by atoms with Gasteiger partial charge < -0.3 is 14.2 Å². The lowest BCUT2D eigenvalue weighted by molar-refractivity contribution is -0.167. The smallest absolute Gasteiger partial charge is 0.306 e. The van der Waals surface area contributed by atoms with Gasteiger partial charge >= 0.3 is 17.9 Å². The molecular formula is C57H104O6. The van der Waals surface area contributed by atoms with E-state index >= 15 is 0 Å². The highest BCUT2D eigenvalue weighted by molar-refractivity contribution is 5.71. The Kier molecular flexibility index (Phi) is 50.3. The Morgan fingerprint density at radius 1 is 0.302 bits per heavy atom. The van der Waals surface area contributed by atoms with Crippen molar-refractivity contribution in [3.8, 4) is 0 Å². The fourth-order valence-corrected chi connectivity index (χ4v) is 7.90. The molecule has 368 valence electrons. The normalized spacial score (nSPS) is 12.2. The minimum absolute atomic E-state index is 0.0806. The fraction of sp³-hybridized carbons (Fsp3) is 0.842. The molecule has 0 fully saturated rings. The summed E-state index contributed by atoms with van der Waals surface area (Å²) in [6, 6.07) is 0. The average molecular weight is 921 g/mol. The maximum absolute atomic E-state index is 12.8. The van der Waals surface area contributed by atoms with Crippen molar-refractivity contribution in [1.29, 1.82) is 0 Å². The van der Waals surface area contributed by atoms with Gasteiger partial charge in [-0.15, -0.1) is 0 Å². The molecule has 1 atom stereocenters. The molecule has 0 amide bonds. The Hall–Kier alpha value is -2.37. The van der Waals surface area contributed by atoms with E-state index in [9.17, 15) is 14.4 Å². The third-order valence-electron chi connectivity index (χ3n) is 12.1. The highest BCUT2D eigenvalue weighted by Crippen LogP contribution is 2.15. The molecule has 6 heteroatoms. The molecule has 0 saturated heterocycles. The molecule has 0 saturated carbocycles. The molecule has 0 N–H and O–H groups in total. The highest BCUT2D eigenvalue weighted by atomic mass is 16.7. The number of ether oxygens (including phenoxy) is 3. The predicted molar refractivity (Wildman–Crippen MR) is 270 cm³/mol. The van der Waals surface area contributed by atoms with E-state index in [1.54, 1.807) is 0 Å². The molecular weight excluding hydrogens is 816 g/mol. The van der Waals surface area contributed by atoms with Gasteiger partial charge in [-0.2, -0.15) is 0 Å². The maximum atomic E-state index is 12.8. The zero-order valence-corrected chi connectivity index (χ0v) is 42.1. The molecule has 1 unspecified atom stereocenters. The van der Waals surface area contributed by atoms with Crippen molar-refractivity contribution >= 4 is 17.9 Å². The number of carbonyl (C=O) groups excluding carboxylic acids is 3. The van der Waals surface area contributed by atoms with Gasteiger partial charge in [-0.05, 0) is 96.3 Å². The maximum Gasteiger partial charge on any atom is 0.306 e. The minimum atomic E-state index is -0.781. The van der Waals surface area contributed by atoms with Gasteiger partial charge in [0.25, 0.3) is 0 Å². The van der Waals surface area contributed by atoms with Crippen LogP contribution in [0.5, 0.6) is 0 Å². The standard InChI is InChI=1S/C57H104O6/c1-4-7-10-13-16-19-22-25-28-31-34-37-40-43-46-49-55(58)61-52-54(63-57(60)51-48-45-42-39-36-33-30-27-24-21-18-15-12-9-6-3)53-62-56(59)50-47-44-41-38-35-32-29-26-23-20-17-14-11-8-5-2/h25-30,54H,4-24,31-53H2,1-3H3/b28-25-,29-26-,30-27-/i1+1,3+1,4+1,6+1,7+1,9+1,10+1,12+1,13+1,15+1,16+1,18+1,19+1,21+1,22+1,24+1,25+1,27+1,28+1,30+1,31+1,33+1,34+1,36+1,37+1,39+1,40+1,42+1,43+1,45+1,46+1,48+1,49+1,51+1,55+1,57+1. The van der Waals surface area contributed by atoms with Gasteiger partial charge in [0.2, 0.25) is 0 Å². The van der Waals surface area contributed by atoms with Gasteiger partial charge in [0, 0.05) is 19.3 Å². The second-order valence-electron chi connectivity index (χ2n) is 18.5. The summed E-state index contributed by atoms with van der Waals surface area (Å²) < 4.78 is 16.8. The third-order valence-corrected chi connectivity index (χ3v) is 12.1. The van der Waals surface area contributed by atoms with Crippen LogP contribution in [0.4, 0.5) is 0 Å². The number of allylic oxidation sites excluding steroid dienone is 6. The third kappa shape index (κ3) is 50.5. The zero-order valence-electron chi connectivity index (χ0n) is 42.1. The predicted octanol–water partition coefficient (Wildman–Crippen LogP) is 18.1. The van der Waals surface area contributed by atoms with Crippen LogP contribution in [0.25, 0.3) is 0 Å². The topological polar surface area (TPSA) is 78.9 Å². The molecule has 63 heavy (non-hydrogen) atoms. The number of carbonyl (C=O) groups is 3. The monoisotopic (exact) mass is 921 g/mol. The molecule has 0 aromatic rings. The van der Waals surface area contributed by atoms with Crippen molar-refractivity contribution in [2.24, 2.45) is 0 Å². The van der Waals surface area contributed by atoms with Crippen molar-refractivity contribution in [1.82, 2.24) is 0 Å². The van der Waals surface area contributed by atoms with Crippen molar-refractivity contribution < 1.29 is 28.6 Å². The summed E-state index contributed by atoms with van der Waals surface area (Å²) in [7, 11) is 0. The van der Waals surface area contributed by atoms with E-state index in [2.05, 4.69) is 57.2 Å².